The lowest BCUT2D eigenvalue weighted by Crippen LogP contribution is -2.21. The summed E-state index contributed by atoms with van der Waals surface area (Å²) in [6.07, 6.45) is 1.54. The average Bonchev–Trinajstić information content (AvgIpc) is 2.79. The van der Waals surface area contributed by atoms with Gasteiger partial charge in [-0.1, -0.05) is 0 Å². The maximum absolute atomic E-state index is 12.6. The molecular weight excluding hydrogens is 282 g/mol. The van der Waals surface area contributed by atoms with Gasteiger partial charge in [-0.2, -0.15) is 5.10 Å². The van der Waals surface area contributed by atoms with E-state index in [0.29, 0.717) is 17.8 Å². The fraction of sp³-hybridized carbons (Fsp3) is 0.333. The Bertz CT molecular complexity index is 721. The molecule has 0 spiro atoms. The molecule has 0 aliphatic heterocycles. The third-order valence-electron chi connectivity index (χ3n) is 3.42. The lowest BCUT2D eigenvalue weighted by atomic mass is 10.2. The number of aromatic nitrogens is 3. The largest absolute Gasteiger partial charge is 0.351 e. The van der Waals surface area contributed by atoms with Gasteiger partial charge >= 0.3 is 0 Å². The molecule has 116 valence electrons. The van der Waals surface area contributed by atoms with Gasteiger partial charge in [-0.3, -0.25) is 14.6 Å². The van der Waals surface area contributed by atoms with Gasteiger partial charge in [0.15, 0.2) is 0 Å². The van der Waals surface area contributed by atoms with Crippen LogP contribution in [0.2, 0.25) is 0 Å². The normalized spacial score (nSPS) is 10.5. The summed E-state index contributed by atoms with van der Waals surface area (Å²) < 4.78 is 1.36. The first-order valence-corrected chi connectivity index (χ1v) is 6.93. The monoisotopic (exact) mass is 301 g/mol. The van der Waals surface area contributed by atoms with Gasteiger partial charge in [0, 0.05) is 36.5 Å². The number of nitrogens with one attached hydrogen (secondary N) is 1. The number of nitrogens with zero attached hydrogens (tertiary/aromatic N) is 3. The molecule has 7 heteroatoms. The van der Waals surface area contributed by atoms with Crippen molar-refractivity contribution < 1.29 is 9.59 Å². The van der Waals surface area contributed by atoms with E-state index in [2.05, 4.69) is 15.4 Å². The fourth-order valence-corrected chi connectivity index (χ4v) is 2.21. The molecule has 0 aliphatic carbocycles. The second-order valence-electron chi connectivity index (χ2n) is 5.02. The van der Waals surface area contributed by atoms with Crippen LogP contribution in [0, 0.1) is 13.8 Å². The molecule has 2 aromatic heterocycles. The molecule has 0 bridgehead atoms. The van der Waals surface area contributed by atoms with Crippen molar-refractivity contribution >= 4 is 11.8 Å². The van der Waals surface area contributed by atoms with Crippen LogP contribution in [0.4, 0.5) is 0 Å². The molecule has 22 heavy (non-hydrogen) atoms. The number of hydrogen-bond donors (Lipinski definition) is 2. The SMILES string of the molecule is CC(=O)NCc1cc(C(=O)n2nc(C)c(CN)c2C)ccn1. The van der Waals surface area contributed by atoms with Gasteiger partial charge in [-0.25, -0.2) is 4.68 Å². The predicted octanol–water partition coefficient (Wildman–Crippen LogP) is 0.678. The number of rotatable bonds is 4. The van der Waals surface area contributed by atoms with E-state index in [1.807, 2.05) is 13.8 Å². The summed E-state index contributed by atoms with van der Waals surface area (Å²) in [5.41, 5.74) is 9.12. The van der Waals surface area contributed by atoms with Crippen LogP contribution in [0.15, 0.2) is 18.3 Å². The Morgan fingerprint density at radius 3 is 2.68 bits per heavy atom. The molecule has 0 fully saturated rings. The summed E-state index contributed by atoms with van der Waals surface area (Å²) in [6, 6.07) is 3.27. The maximum Gasteiger partial charge on any atom is 0.278 e. The van der Waals surface area contributed by atoms with Crippen molar-refractivity contribution in [1.29, 1.82) is 0 Å². The van der Waals surface area contributed by atoms with E-state index < -0.39 is 0 Å². The maximum atomic E-state index is 12.6. The zero-order valence-electron chi connectivity index (χ0n) is 12.9. The topological polar surface area (TPSA) is 103 Å². The number of aryl methyl sites for hydroxylation is 1. The second kappa shape index (κ2) is 6.48. The van der Waals surface area contributed by atoms with Crippen molar-refractivity contribution in [2.24, 2.45) is 5.73 Å². The van der Waals surface area contributed by atoms with Crippen LogP contribution in [0.1, 0.15) is 39.9 Å². The van der Waals surface area contributed by atoms with Crippen LogP contribution in [-0.2, 0) is 17.9 Å². The summed E-state index contributed by atoms with van der Waals surface area (Å²) >= 11 is 0. The van der Waals surface area contributed by atoms with Crippen molar-refractivity contribution in [2.45, 2.75) is 33.9 Å². The lowest BCUT2D eigenvalue weighted by Gasteiger charge is -2.06. The van der Waals surface area contributed by atoms with E-state index in [0.717, 1.165) is 17.0 Å². The van der Waals surface area contributed by atoms with Crippen LogP contribution in [0.25, 0.3) is 0 Å². The summed E-state index contributed by atoms with van der Waals surface area (Å²) in [7, 11) is 0. The molecule has 2 heterocycles. The van der Waals surface area contributed by atoms with E-state index in [1.165, 1.54) is 11.6 Å². The standard InChI is InChI=1S/C15H19N5O2/c1-9-14(7-16)10(2)20(19-9)15(22)12-4-5-17-13(6-12)8-18-11(3)21/h4-6H,7-8,16H2,1-3H3,(H,18,21). The summed E-state index contributed by atoms with van der Waals surface area (Å²) in [6.45, 7) is 5.70. The molecule has 0 saturated carbocycles. The molecule has 7 nitrogen and oxygen atoms in total. The minimum absolute atomic E-state index is 0.148. The minimum Gasteiger partial charge on any atom is -0.351 e. The Hall–Kier alpha value is -2.54. The molecule has 1 amide bonds. The van der Waals surface area contributed by atoms with Gasteiger partial charge in [0.25, 0.3) is 5.91 Å². The Morgan fingerprint density at radius 2 is 2.09 bits per heavy atom. The Kier molecular flexibility index (Phi) is 4.67. The van der Waals surface area contributed by atoms with E-state index in [1.54, 1.807) is 18.3 Å². The van der Waals surface area contributed by atoms with Crippen molar-refractivity contribution in [1.82, 2.24) is 20.1 Å². The van der Waals surface area contributed by atoms with Crippen molar-refractivity contribution in [3.8, 4) is 0 Å². The zero-order valence-corrected chi connectivity index (χ0v) is 12.9. The Balaban J connectivity index is 2.30. The highest BCUT2D eigenvalue weighted by molar-refractivity contribution is 5.96. The molecule has 2 aromatic rings. The highest BCUT2D eigenvalue weighted by Crippen LogP contribution is 2.14. The van der Waals surface area contributed by atoms with Crippen molar-refractivity contribution in [2.75, 3.05) is 0 Å². The van der Waals surface area contributed by atoms with E-state index >= 15 is 0 Å². The number of amides is 1. The van der Waals surface area contributed by atoms with Crippen LogP contribution in [0.5, 0.6) is 0 Å². The predicted molar refractivity (Wildman–Crippen MR) is 81.1 cm³/mol. The molecular formula is C15H19N5O2. The van der Waals surface area contributed by atoms with Gasteiger partial charge in [-0.15, -0.1) is 0 Å². The first-order chi connectivity index (χ1) is 10.4. The Labute approximate surface area is 128 Å². The van der Waals surface area contributed by atoms with E-state index in [-0.39, 0.29) is 18.4 Å². The molecule has 2 rings (SSSR count). The quantitative estimate of drug-likeness (QED) is 0.864. The van der Waals surface area contributed by atoms with Gasteiger partial charge in [0.1, 0.15) is 0 Å². The fourth-order valence-electron chi connectivity index (χ4n) is 2.21. The summed E-state index contributed by atoms with van der Waals surface area (Å²) in [5, 5.41) is 6.91. The summed E-state index contributed by atoms with van der Waals surface area (Å²) in [5.74, 6) is -0.392. The van der Waals surface area contributed by atoms with Gasteiger partial charge < -0.3 is 11.1 Å². The number of hydrogen-bond acceptors (Lipinski definition) is 5. The smallest absolute Gasteiger partial charge is 0.278 e. The van der Waals surface area contributed by atoms with E-state index in [9.17, 15) is 9.59 Å². The number of pyridine rings is 1. The van der Waals surface area contributed by atoms with Crippen molar-refractivity contribution in [3.63, 3.8) is 0 Å². The second-order valence-corrected chi connectivity index (χ2v) is 5.02. The Morgan fingerprint density at radius 1 is 1.36 bits per heavy atom. The third kappa shape index (κ3) is 3.20. The first-order valence-electron chi connectivity index (χ1n) is 6.93. The zero-order chi connectivity index (χ0) is 16.3. The number of carbonyl (C=O) groups excluding carboxylic acids is 2. The molecule has 0 atom stereocenters. The van der Waals surface area contributed by atoms with Crippen LogP contribution in [0.3, 0.4) is 0 Å². The van der Waals surface area contributed by atoms with Gasteiger partial charge in [-0.05, 0) is 26.0 Å². The van der Waals surface area contributed by atoms with E-state index in [4.69, 9.17) is 5.73 Å². The third-order valence-corrected chi connectivity index (χ3v) is 3.42. The molecule has 0 aliphatic rings. The average molecular weight is 301 g/mol. The number of nitrogens with two attached hydrogens (primary N) is 1. The molecule has 0 radical (unpaired) electrons. The summed E-state index contributed by atoms with van der Waals surface area (Å²) in [4.78, 5) is 27.7. The first kappa shape index (κ1) is 15.8. The van der Waals surface area contributed by atoms with Gasteiger partial charge in [0.05, 0.1) is 17.9 Å². The molecule has 0 unspecified atom stereocenters. The number of carbonyl (C=O) groups is 2. The highest BCUT2D eigenvalue weighted by atomic mass is 16.2. The van der Waals surface area contributed by atoms with Crippen molar-refractivity contribution in [3.05, 3.63) is 46.5 Å². The van der Waals surface area contributed by atoms with Crippen LogP contribution >= 0.6 is 0 Å². The molecule has 0 aromatic carbocycles. The van der Waals surface area contributed by atoms with Gasteiger partial charge in [0.2, 0.25) is 5.91 Å². The molecule has 3 N–H and O–H groups in total. The lowest BCUT2D eigenvalue weighted by molar-refractivity contribution is -0.119. The highest BCUT2D eigenvalue weighted by Gasteiger charge is 2.17. The van der Waals surface area contributed by atoms with Crippen LogP contribution < -0.4 is 11.1 Å². The minimum atomic E-state index is -0.244. The molecule has 0 saturated heterocycles. The van der Waals surface area contributed by atoms with Crippen LogP contribution in [-0.4, -0.2) is 26.6 Å².